The number of carbonyl (C=O) groups is 1. The van der Waals surface area contributed by atoms with Crippen LogP contribution in [-0.2, 0) is 6.54 Å². The van der Waals surface area contributed by atoms with Gasteiger partial charge >= 0.3 is 5.97 Å². The van der Waals surface area contributed by atoms with Crippen LogP contribution >= 0.6 is 0 Å². The second kappa shape index (κ2) is 3.80. The molecule has 0 atom stereocenters. The molecule has 1 fully saturated rings. The van der Waals surface area contributed by atoms with Crippen LogP contribution < -0.4 is 0 Å². The molecule has 0 spiro atoms. The summed E-state index contributed by atoms with van der Waals surface area (Å²) in [6.45, 7) is 3.03. The molecule has 1 heterocycles. The zero-order chi connectivity index (χ0) is 12.8. The number of hydrogen-bond donors (Lipinski definition) is 1. The molecule has 18 heavy (non-hydrogen) atoms. The molecule has 94 valence electrons. The first-order chi connectivity index (χ1) is 8.63. The first kappa shape index (κ1) is 11.2. The summed E-state index contributed by atoms with van der Waals surface area (Å²) < 4.78 is 1.85. The van der Waals surface area contributed by atoms with Crippen molar-refractivity contribution in [3.8, 4) is 0 Å². The maximum Gasteiger partial charge on any atom is 0.335 e. The molecule has 2 aromatic rings. The van der Waals surface area contributed by atoms with E-state index in [9.17, 15) is 4.79 Å². The van der Waals surface area contributed by atoms with Gasteiger partial charge in [0.2, 0.25) is 0 Å². The van der Waals surface area contributed by atoms with E-state index in [1.54, 1.807) is 18.2 Å². The second-order valence-electron chi connectivity index (χ2n) is 5.11. The molecule has 1 saturated carbocycles. The number of nitrogens with zero attached hydrogens (tertiary/aromatic N) is 3. The van der Waals surface area contributed by atoms with E-state index in [-0.39, 0.29) is 5.56 Å². The van der Waals surface area contributed by atoms with Crippen molar-refractivity contribution >= 4 is 17.0 Å². The highest BCUT2D eigenvalue weighted by Gasteiger charge is 2.41. The smallest absolute Gasteiger partial charge is 0.335 e. The van der Waals surface area contributed by atoms with Crippen LogP contribution in [-0.4, -0.2) is 26.1 Å². The molecule has 0 amide bonds. The van der Waals surface area contributed by atoms with Gasteiger partial charge in [0, 0.05) is 6.54 Å². The Morgan fingerprint density at radius 2 is 2.28 bits per heavy atom. The molecule has 5 heteroatoms. The number of carboxylic acids is 1. The van der Waals surface area contributed by atoms with E-state index in [0.717, 1.165) is 24.0 Å². The summed E-state index contributed by atoms with van der Waals surface area (Å²) in [6, 6.07) is 4.94. The van der Waals surface area contributed by atoms with E-state index in [1.165, 1.54) is 12.8 Å². The Labute approximate surface area is 104 Å². The van der Waals surface area contributed by atoms with Gasteiger partial charge in [0.1, 0.15) is 5.52 Å². The Balaban J connectivity index is 2.01. The van der Waals surface area contributed by atoms with Crippen LogP contribution in [0.3, 0.4) is 0 Å². The van der Waals surface area contributed by atoms with Crippen molar-refractivity contribution in [1.82, 2.24) is 15.0 Å². The Kier molecular flexibility index (Phi) is 2.36. The zero-order valence-electron chi connectivity index (χ0n) is 10.3. The Bertz CT molecular complexity index is 614. The van der Waals surface area contributed by atoms with Crippen LogP contribution in [0.15, 0.2) is 18.2 Å². The Morgan fingerprint density at radius 1 is 1.50 bits per heavy atom. The molecular weight excluding hydrogens is 230 g/mol. The number of aromatic carboxylic acids is 1. The van der Waals surface area contributed by atoms with Crippen molar-refractivity contribution in [3.05, 3.63) is 23.8 Å². The highest BCUT2D eigenvalue weighted by molar-refractivity contribution is 5.92. The van der Waals surface area contributed by atoms with E-state index >= 15 is 0 Å². The molecule has 0 aliphatic heterocycles. The normalized spacial score (nSPS) is 16.9. The van der Waals surface area contributed by atoms with Gasteiger partial charge in [0.05, 0.1) is 11.1 Å². The minimum absolute atomic E-state index is 0.285. The van der Waals surface area contributed by atoms with Crippen molar-refractivity contribution in [1.29, 1.82) is 0 Å². The molecule has 1 aliphatic rings. The maximum absolute atomic E-state index is 11.0. The number of aromatic nitrogens is 3. The molecule has 0 saturated heterocycles. The lowest BCUT2D eigenvalue weighted by Gasteiger charge is -2.12. The van der Waals surface area contributed by atoms with Crippen molar-refractivity contribution in [2.45, 2.75) is 32.7 Å². The molecule has 0 bridgehead atoms. The lowest BCUT2D eigenvalue weighted by atomic mass is 10.0. The third-order valence-corrected chi connectivity index (χ3v) is 3.95. The molecule has 0 unspecified atom stereocenters. The summed E-state index contributed by atoms with van der Waals surface area (Å²) in [6.07, 6.45) is 3.58. The summed E-state index contributed by atoms with van der Waals surface area (Å²) >= 11 is 0. The van der Waals surface area contributed by atoms with Gasteiger partial charge in [-0.3, -0.25) is 0 Å². The van der Waals surface area contributed by atoms with Crippen LogP contribution in [0.5, 0.6) is 0 Å². The van der Waals surface area contributed by atoms with Crippen molar-refractivity contribution in [2.75, 3.05) is 0 Å². The summed E-state index contributed by atoms with van der Waals surface area (Å²) in [4.78, 5) is 11.0. The van der Waals surface area contributed by atoms with E-state index in [2.05, 4.69) is 17.2 Å². The van der Waals surface area contributed by atoms with Gasteiger partial charge in [-0.15, -0.1) is 5.10 Å². The first-order valence-electron chi connectivity index (χ1n) is 6.20. The van der Waals surface area contributed by atoms with E-state index < -0.39 is 5.97 Å². The number of rotatable bonds is 4. The monoisotopic (exact) mass is 245 g/mol. The largest absolute Gasteiger partial charge is 0.478 e. The third-order valence-electron chi connectivity index (χ3n) is 3.95. The fraction of sp³-hybridized carbons (Fsp3) is 0.462. The van der Waals surface area contributed by atoms with Crippen LogP contribution in [0.2, 0.25) is 0 Å². The van der Waals surface area contributed by atoms with Gasteiger partial charge in [-0.1, -0.05) is 12.1 Å². The minimum Gasteiger partial charge on any atom is -0.478 e. The average Bonchev–Trinajstić information content (AvgIpc) is 3.04. The van der Waals surface area contributed by atoms with Gasteiger partial charge in [-0.2, -0.15) is 0 Å². The lowest BCUT2D eigenvalue weighted by molar-refractivity contribution is 0.0697. The van der Waals surface area contributed by atoms with Crippen molar-refractivity contribution in [3.63, 3.8) is 0 Å². The summed E-state index contributed by atoms with van der Waals surface area (Å²) in [5, 5.41) is 17.2. The average molecular weight is 245 g/mol. The molecule has 0 radical (unpaired) electrons. The third kappa shape index (κ3) is 1.75. The second-order valence-corrected chi connectivity index (χ2v) is 5.11. The Morgan fingerprint density at radius 3 is 2.89 bits per heavy atom. The molecule has 1 aliphatic carbocycles. The van der Waals surface area contributed by atoms with Gasteiger partial charge in [0.25, 0.3) is 0 Å². The number of benzene rings is 1. The van der Waals surface area contributed by atoms with Crippen molar-refractivity contribution in [2.24, 2.45) is 5.41 Å². The molecule has 3 rings (SSSR count). The molecule has 1 aromatic heterocycles. The number of carboxylic acid groups (broad SMARTS) is 1. The minimum atomic E-state index is -0.915. The van der Waals surface area contributed by atoms with Crippen LogP contribution in [0, 0.1) is 5.41 Å². The van der Waals surface area contributed by atoms with E-state index in [4.69, 9.17) is 5.11 Å². The van der Waals surface area contributed by atoms with E-state index in [0.29, 0.717) is 5.41 Å². The quantitative estimate of drug-likeness (QED) is 0.897. The van der Waals surface area contributed by atoms with E-state index in [1.807, 2.05) is 4.68 Å². The predicted octanol–water partition coefficient (Wildman–Crippen LogP) is 2.32. The molecule has 5 nitrogen and oxygen atoms in total. The number of hydrogen-bond acceptors (Lipinski definition) is 3. The lowest BCUT2D eigenvalue weighted by Crippen LogP contribution is -2.12. The summed E-state index contributed by atoms with van der Waals surface area (Å²) in [7, 11) is 0. The van der Waals surface area contributed by atoms with Crippen LogP contribution in [0.1, 0.15) is 36.5 Å². The topological polar surface area (TPSA) is 68.0 Å². The zero-order valence-corrected chi connectivity index (χ0v) is 10.3. The molecule has 1 aromatic carbocycles. The molecule has 1 N–H and O–H groups in total. The molecular formula is C13H15N3O2. The predicted molar refractivity (Wildman–Crippen MR) is 66.4 cm³/mol. The number of fused-ring (bicyclic) bond motifs is 1. The summed E-state index contributed by atoms with van der Waals surface area (Å²) in [5.74, 6) is -0.915. The van der Waals surface area contributed by atoms with Crippen LogP contribution in [0.4, 0.5) is 0 Å². The Hall–Kier alpha value is -1.91. The van der Waals surface area contributed by atoms with Gasteiger partial charge < -0.3 is 5.11 Å². The highest BCUT2D eigenvalue weighted by Crippen LogP contribution is 2.50. The van der Waals surface area contributed by atoms with Gasteiger partial charge in [-0.05, 0) is 42.9 Å². The SMILES string of the molecule is CCC1(Cn2nnc3ccc(C(=O)O)cc32)CC1. The fourth-order valence-corrected chi connectivity index (χ4v) is 2.33. The fourth-order valence-electron chi connectivity index (χ4n) is 2.33. The maximum atomic E-state index is 11.0. The van der Waals surface area contributed by atoms with Gasteiger partial charge in [0.15, 0.2) is 0 Å². The first-order valence-corrected chi connectivity index (χ1v) is 6.20. The van der Waals surface area contributed by atoms with Gasteiger partial charge in [-0.25, -0.2) is 9.48 Å². The standard InChI is InChI=1S/C13H15N3O2/c1-2-13(5-6-13)8-16-11-7-9(12(17)18)3-4-10(11)14-15-16/h3-4,7H,2,5-6,8H2,1H3,(H,17,18). The van der Waals surface area contributed by atoms with Crippen molar-refractivity contribution < 1.29 is 9.90 Å². The van der Waals surface area contributed by atoms with Crippen LogP contribution in [0.25, 0.3) is 11.0 Å². The summed E-state index contributed by atoms with van der Waals surface area (Å²) in [5.41, 5.74) is 2.22. The highest BCUT2D eigenvalue weighted by atomic mass is 16.4.